The summed E-state index contributed by atoms with van der Waals surface area (Å²) in [7, 11) is 0. The molecular weight excluding hydrogens is 805 g/mol. The first kappa shape index (κ1) is 53.0. The van der Waals surface area contributed by atoms with Gasteiger partial charge in [-0.15, -0.1) is 0 Å². The first-order valence-corrected chi connectivity index (χ1v) is 27.9. The van der Waals surface area contributed by atoms with Gasteiger partial charge < -0.3 is 10.6 Å². The second-order valence-electron chi connectivity index (χ2n) is 20.0. The zero-order valence-corrected chi connectivity index (χ0v) is 42.4. The molecule has 4 nitrogen and oxygen atoms in total. The SMILES string of the molecule is CCCCCCCCCCCCc1cc(C(=O)NCCNC(=O)c2ccc3ccc4cccc5ccc2c3c45)cc(CCCCCCCCCCCC)c1CCCCCCCCCCCC. The van der Waals surface area contributed by atoms with Crippen molar-refractivity contribution >= 4 is 44.1 Å². The Balaban J connectivity index is 1.22. The first-order chi connectivity index (χ1) is 32.5. The molecule has 5 aromatic rings. The molecule has 362 valence electrons. The number of nitrogens with one attached hydrogen (secondary N) is 2. The number of aryl methyl sites for hydroxylation is 2. The van der Waals surface area contributed by atoms with Gasteiger partial charge >= 0.3 is 0 Å². The Morgan fingerprint density at radius 1 is 0.379 bits per heavy atom. The molecule has 0 heterocycles. The van der Waals surface area contributed by atoms with E-state index in [2.05, 4.69) is 92.1 Å². The van der Waals surface area contributed by atoms with E-state index < -0.39 is 0 Å². The maximum Gasteiger partial charge on any atom is 0.251 e. The molecule has 0 aliphatic heterocycles. The van der Waals surface area contributed by atoms with Gasteiger partial charge in [-0.05, 0) is 106 Å². The number of hydrogen-bond acceptors (Lipinski definition) is 2. The van der Waals surface area contributed by atoms with Gasteiger partial charge in [-0.3, -0.25) is 9.59 Å². The van der Waals surface area contributed by atoms with E-state index >= 15 is 0 Å². The average molecular weight is 897 g/mol. The zero-order chi connectivity index (χ0) is 46.4. The van der Waals surface area contributed by atoms with Gasteiger partial charge in [-0.25, -0.2) is 0 Å². The highest BCUT2D eigenvalue weighted by molar-refractivity contribution is 6.26. The van der Waals surface area contributed by atoms with Gasteiger partial charge in [-0.1, -0.05) is 243 Å². The molecule has 5 aromatic carbocycles. The topological polar surface area (TPSA) is 58.2 Å². The number of carbonyl (C=O) groups is 2. The summed E-state index contributed by atoms with van der Waals surface area (Å²) in [6, 6.07) is 23.4. The van der Waals surface area contributed by atoms with Crippen LogP contribution in [0.4, 0.5) is 0 Å². The van der Waals surface area contributed by atoms with Gasteiger partial charge in [0.05, 0.1) is 0 Å². The van der Waals surface area contributed by atoms with E-state index in [1.165, 1.54) is 220 Å². The summed E-state index contributed by atoms with van der Waals surface area (Å²) >= 11 is 0. The third-order valence-corrected chi connectivity index (χ3v) is 14.5. The maximum atomic E-state index is 14.0. The number of hydrogen-bond donors (Lipinski definition) is 2. The summed E-state index contributed by atoms with van der Waals surface area (Å²) in [5, 5.41) is 13.2. The van der Waals surface area contributed by atoms with Gasteiger partial charge in [0.15, 0.2) is 0 Å². The third kappa shape index (κ3) is 18.0. The van der Waals surface area contributed by atoms with Crippen LogP contribution in [0.15, 0.2) is 66.7 Å². The van der Waals surface area contributed by atoms with Crippen LogP contribution in [0.3, 0.4) is 0 Å². The van der Waals surface area contributed by atoms with Crippen molar-refractivity contribution < 1.29 is 9.59 Å². The quantitative estimate of drug-likeness (QED) is 0.0306. The summed E-state index contributed by atoms with van der Waals surface area (Å²) in [6.07, 6.45) is 43.4. The van der Waals surface area contributed by atoms with Gasteiger partial charge in [0, 0.05) is 24.2 Å². The fraction of sp³-hybridized carbons (Fsp3) is 0.613. The Labute approximate surface area is 403 Å². The van der Waals surface area contributed by atoms with Crippen molar-refractivity contribution in [2.75, 3.05) is 13.1 Å². The second kappa shape index (κ2) is 31.9. The summed E-state index contributed by atoms with van der Waals surface area (Å²) in [5.41, 5.74) is 5.87. The van der Waals surface area contributed by atoms with Crippen LogP contribution in [0.2, 0.25) is 0 Å². The molecule has 0 saturated carbocycles. The van der Waals surface area contributed by atoms with Crippen LogP contribution in [0.1, 0.15) is 251 Å². The molecule has 2 amide bonds. The molecule has 4 heteroatoms. The van der Waals surface area contributed by atoms with Crippen LogP contribution >= 0.6 is 0 Å². The fourth-order valence-electron chi connectivity index (χ4n) is 10.6. The molecule has 0 saturated heterocycles. The predicted octanol–water partition coefficient (Wildman–Crippen LogP) is 18.1. The third-order valence-electron chi connectivity index (χ3n) is 14.5. The van der Waals surface area contributed by atoms with E-state index in [4.69, 9.17) is 0 Å². The Hall–Kier alpha value is -3.92. The van der Waals surface area contributed by atoms with Crippen molar-refractivity contribution in [1.29, 1.82) is 0 Å². The summed E-state index contributed by atoms with van der Waals surface area (Å²) in [6.45, 7) is 7.65. The monoisotopic (exact) mass is 897 g/mol. The highest BCUT2D eigenvalue weighted by Gasteiger charge is 2.17. The lowest BCUT2D eigenvalue weighted by molar-refractivity contribution is 0.0928. The second-order valence-corrected chi connectivity index (χ2v) is 20.0. The predicted molar refractivity (Wildman–Crippen MR) is 288 cm³/mol. The van der Waals surface area contributed by atoms with E-state index in [9.17, 15) is 9.59 Å². The molecule has 0 aliphatic carbocycles. The Morgan fingerprint density at radius 3 is 1.20 bits per heavy atom. The number of carbonyl (C=O) groups excluding carboxylic acids is 2. The lowest BCUT2D eigenvalue weighted by Crippen LogP contribution is -2.35. The lowest BCUT2D eigenvalue weighted by atomic mass is 9.88. The van der Waals surface area contributed by atoms with Gasteiger partial charge in [-0.2, -0.15) is 0 Å². The number of unbranched alkanes of at least 4 members (excludes halogenated alkanes) is 27. The smallest absolute Gasteiger partial charge is 0.251 e. The molecule has 0 unspecified atom stereocenters. The highest BCUT2D eigenvalue weighted by Crippen LogP contribution is 2.36. The molecule has 0 bridgehead atoms. The zero-order valence-electron chi connectivity index (χ0n) is 42.4. The molecule has 2 N–H and O–H groups in total. The average Bonchev–Trinajstić information content (AvgIpc) is 3.34. The fourth-order valence-corrected chi connectivity index (χ4v) is 10.6. The molecule has 0 aromatic heterocycles. The van der Waals surface area contributed by atoms with Crippen LogP contribution in [-0.4, -0.2) is 24.9 Å². The summed E-state index contributed by atoms with van der Waals surface area (Å²) in [5.74, 6) is -0.123. The molecule has 0 fully saturated rings. The minimum atomic E-state index is -0.101. The van der Waals surface area contributed by atoms with Crippen LogP contribution < -0.4 is 10.6 Å². The molecule has 5 rings (SSSR count). The Bertz CT molecular complexity index is 2040. The molecule has 66 heavy (non-hydrogen) atoms. The van der Waals surface area contributed by atoms with Crippen molar-refractivity contribution in [3.63, 3.8) is 0 Å². The minimum Gasteiger partial charge on any atom is -0.350 e. The van der Waals surface area contributed by atoms with Crippen molar-refractivity contribution in [3.8, 4) is 0 Å². The maximum absolute atomic E-state index is 14.0. The first-order valence-electron chi connectivity index (χ1n) is 27.9. The van der Waals surface area contributed by atoms with Crippen molar-refractivity contribution in [2.24, 2.45) is 0 Å². The number of benzene rings is 5. The van der Waals surface area contributed by atoms with Crippen LogP contribution in [0.25, 0.3) is 32.3 Å². The molecular formula is C62H92N2O2. The van der Waals surface area contributed by atoms with Crippen LogP contribution in [0, 0.1) is 0 Å². The molecule has 0 spiro atoms. The lowest BCUT2D eigenvalue weighted by Gasteiger charge is -2.18. The van der Waals surface area contributed by atoms with E-state index in [1.54, 1.807) is 5.56 Å². The van der Waals surface area contributed by atoms with Crippen LogP contribution in [0.5, 0.6) is 0 Å². The summed E-state index contributed by atoms with van der Waals surface area (Å²) in [4.78, 5) is 27.7. The van der Waals surface area contributed by atoms with Gasteiger partial charge in [0.1, 0.15) is 0 Å². The molecule has 0 aliphatic rings. The minimum absolute atomic E-state index is 0.0221. The normalized spacial score (nSPS) is 11.7. The Kier molecular flexibility index (Phi) is 25.7. The van der Waals surface area contributed by atoms with Gasteiger partial charge in [0.25, 0.3) is 11.8 Å². The van der Waals surface area contributed by atoms with Crippen molar-refractivity contribution in [3.05, 3.63) is 94.5 Å². The van der Waals surface area contributed by atoms with Crippen molar-refractivity contribution in [1.82, 2.24) is 10.6 Å². The number of amides is 2. The standard InChI is InChI=1S/C62H92N2O2/c1-4-7-10-13-16-19-22-25-28-31-35-53-48-55(49-54(36-32-29-26-23-20-17-14-11-8-5-2)56(53)39-33-30-27-24-21-18-15-12-9-6-3)61(65)63-46-47-64-62(66)58-45-43-52-41-40-50-37-34-38-51-42-44-57(58)60(52)59(50)51/h34,37-38,40-45,48-49H,4-33,35-36,39,46-47H2,1-3H3,(H,63,65)(H,64,66). The van der Waals surface area contributed by atoms with Crippen LogP contribution in [-0.2, 0) is 19.3 Å². The van der Waals surface area contributed by atoms with E-state index in [0.717, 1.165) is 41.0 Å². The van der Waals surface area contributed by atoms with E-state index in [0.29, 0.717) is 18.7 Å². The largest absolute Gasteiger partial charge is 0.350 e. The number of rotatable bonds is 38. The molecule has 0 radical (unpaired) electrons. The Morgan fingerprint density at radius 2 is 0.742 bits per heavy atom. The summed E-state index contributed by atoms with van der Waals surface area (Å²) < 4.78 is 0. The van der Waals surface area contributed by atoms with Crippen molar-refractivity contribution in [2.45, 2.75) is 233 Å². The molecule has 0 atom stereocenters. The van der Waals surface area contributed by atoms with E-state index in [-0.39, 0.29) is 11.8 Å². The highest BCUT2D eigenvalue weighted by atomic mass is 16.2. The van der Waals surface area contributed by atoms with Gasteiger partial charge in [0.2, 0.25) is 0 Å². The van der Waals surface area contributed by atoms with E-state index in [1.807, 2.05) is 6.07 Å².